The third-order valence-electron chi connectivity index (χ3n) is 5.54. The number of hydrogen-bond acceptors (Lipinski definition) is 4. The molecule has 1 aromatic rings. The highest BCUT2D eigenvalue weighted by Gasteiger charge is 2.46. The van der Waals surface area contributed by atoms with Gasteiger partial charge >= 0.3 is 5.97 Å². The number of carbonyl (C=O) groups excluding carboxylic acids is 1. The van der Waals surface area contributed by atoms with Crippen LogP contribution in [0.5, 0.6) is 0 Å². The smallest absolute Gasteiger partial charge is 0.338 e. The first-order valence-corrected chi connectivity index (χ1v) is 8.75. The topological polar surface area (TPSA) is 32.8 Å². The van der Waals surface area contributed by atoms with Gasteiger partial charge in [-0.3, -0.25) is 0 Å². The summed E-state index contributed by atoms with van der Waals surface area (Å²) >= 11 is 0. The monoisotopic (exact) mass is 316 g/mol. The van der Waals surface area contributed by atoms with E-state index in [1.807, 2.05) is 30.3 Å². The highest BCUT2D eigenvalue weighted by atomic mass is 16.5. The molecule has 1 aliphatic heterocycles. The van der Waals surface area contributed by atoms with Gasteiger partial charge in [-0.1, -0.05) is 25.1 Å². The molecule has 4 heteroatoms. The summed E-state index contributed by atoms with van der Waals surface area (Å²) in [4.78, 5) is 17.3. The molecule has 0 aromatic heterocycles. The van der Waals surface area contributed by atoms with Crippen LogP contribution in [-0.4, -0.2) is 61.6 Å². The molecule has 1 saturated heterocycles. The second kappa shape index (κ2) is 7.02. The lowest BCUT2D eigenvalue weighted by atomic mass is 9.71. The summed E-state index contributed by atoms with van der Waals surface area (Å²) < 4.78 is 6.03. The molecule has 2 fully saturated rings. The lowest BCUT2D eigenvalue weighted by molar-refractivity contribution is -0.0910. The van der Waals surface area contributed by atoms with Crippen LogP contribution in [0.1, 0.15) is 30.1 Å². The summed E-state index contributed by atoms with van der Waals surface area (Å²) in [5.41, 5.74) is 0.657. The Morgan fingerprint density at radius 3 is 2.61 bits per heavy atom. The molecule has 2 aliphatic rings. The SMILES string of the molecule is CCN1CC2CC[C@H](N(C)C)C(C1)[C@@H]2OC(=O)c1ccccc1. The molecule has 3 rings (SSSR count). The Bertz CT molecular complexity index is 531. The van der Waals surface area contributed by atoms with Crippen molar-refractivity contribution in [2.45, 2.75) is 31.9 Å². The number of carbonyl (C=O) groups is 1. The maximum absolute atomic E-state index is 12.5. The van der Waals surface area contributed by atoms with Gasteiger partial charge in [-0.2, -0.15) is 0 Å². The normalized spacial score (nSPS) is 31.1. The van der Waals surface area contributed by atoms with Crippen molar-refractivity contribution in [3.63, 3.8) is 0 Å². The molecule has 0 spiro atoms. The van der Waals surface area contributed by atoms with E-state index in [2.05, 4.69) is 30.8 Å². The summed E-state index contributed by atoms with van der Waals surface area (Å²) in [6.45, 7) is 5.38. The van der Waals surface area contributed by atoms with Gasteiger partial charge in [0.1, 0.15) is 6.10 Å². The quantitative estimate of drug-likeness (QED) is 0.799. The van der Waals surface area contributed by atoms with Crippen LogP contribution in [0.25, 0.3) is 0 Å². The minimum absolute atomic E-state index is 0.0478. The Hall–Kier alpha value is -1.39. The first kappa shape index (κ1) is 16.5. The minimum Gasteiger partial charge on any atom is -0.458 e. The Labute approximate surface area is 139 Å². The summed E-state index contributed by atoms with van der Waals surface area (Å²) in [6.07, 6.45) is 2.40. The molecule has 126 valence electrons. The van der Waals surface area contributed by atoms with Gasteiger partial charge < -0.3 is 14.5 Å². The number of fused-ring (bicyclic) bond motifs is 2. The summed E-state index contributed by atoms with van der Waals surface area (Å²) in [7, 11) is 4.29. The van der Waals surface area contributed by atoms with E-state index in [-0.39, 0.29) is 12.1 Å². The Morgan fingerprint density at radius 1 is 1.22 bits per heavy atom. The van der Waals surface area contributed by atoms with E-state index >= 15 is 0 Å². The fourth-order valence-corrected chi connectivity index (χ4v) is 4.31. The molecule has 23 heavy (non-hydrogen) atoms. The summed E-state index contributed by atoms with van der Waals surface area (Å²) in [5.74, 6) is 0.706. The van der Waals surface area contributed by atoms with E-state index in [1.165, 1.54) is 6.42 Å². The molecule has 0 amide bonds. The van der Waals surface area contributed by atoms with Gasteiger partial charge in [-0.25, -0.2) is 4.79 Å². The fourth-order valence-electron chi connectivity index (χ4n) is 4.31. The Kier molecular flexibility index (Phi) is 5.02. The van der Waals surface area contributed by atoms with E-state index in [0.29, 0.717) is 23.4 Å². The highest BCUT2D eigenvalue weighted by molar-refractivity contribution is 5.89. The van der Waals surface area contributed by atoms with E-state index < -0.39 is 0 Å². The van der Waals surface area contributed by atoms with Gasteiger partial charge in [-0.15, -0.1) is 0 Å². The molecule has 2 bridgehead atoms. The molecule has 0 radical (unpaired) electrons. The van der Waals surface area contributed by atoms with Crippen LogP contribution in [0.2, 0.25) is 0 Å². The average Bonchev–Trinajstić information content (AvgIpc) is 2.55. The fraction of sp³-hybridized carbons (Fsp3) is 0.632. The highest BCUT2D eigenvalue weighted by Crippen LogP contribution is 2.39. The van der Waals surface area contributed by atoms with Crippen LogP contribution in [0.3, 0.4) is 0 Å². The zero-order chi connectivity index (χ0) is 16.4. The van der Waals surface area contributed by atoms with Crippen molar-refractivity contribution in [2.24, 2.45) is 11.8 Å². The lowest BCUT2D eigenvalue weighted by Crippen LogP contribution is -2.60. The molecule has 4 atom stereocenters. The van der Waals surface area contributed by atoms with Crippen molar-refractivity contribution in [1.29, 1.82) is 0 Å². The van der Waals surface area contributed by atoms with Crippen LogP contribution in [-0.2, 0) is 4.74 Å². The van der Waals surface area contributed by atoms with Crippen LogP contribution in [0, 0.1) is 11.8 Å². The first-order chi connectivity index (χ1) is 11.1. The molecule has 1 heterocycles. The number of likely N-dealkylation sites (tertiary alicyclic amines) is 1. The molecule has 0 N–H and O–H groups in total. The number of piperidine rings is 1. The minimum atomic E-state index is -0.171. The zero-order valence-corrected chi connectivity index (χ0v) is 14.4. The van der Waals surface area contributed by atoms with Gasteiger partial charge in [-0.05, 0) is 45.6 Å². The maximum Gasteiger partial charge on any atom is 0.338 e. The number of hydrogen-bond donors (Lipinski definition) is 0. The number of rotatable bonds is 4. The van der Waals surface area contributed by atoms with Crippen molar-refractivity contribution in [3.05, 3.63) is 35.9 Å². The molecular weight excluding hydrogens is 288 g/mol. The van der Waals surface area contributed by atoms with Crippen LogP contribution in [0.15, 0.2) is 30.3 Å². The molecule has 2 unspecified atom stereocenters. The maximum atomic E-state index is 12.5. The number of benzene rings is 1. The van der Waals surface area contributed by atoms with Crippen LogP contribution in [0.4, 0.5) is 0 Å². The molecule has 4 nitrogen and oxygen atoms in total. The second-order valence-corrected chi connectivity index (χ2v) is 7.12. The largest absolute Gasteiger partial charge is 0.458 e. The lowest BCUT2D eigenvalue weighted by Gasteiger charge is -2.51. The Balaban J connectivity index is 1.78. The van der Waals surface area contributed by atoms with Gasteiger partial charge in [0.2, 0.25) is 0 Å². The van der Waals surface area contributed by atoms with Gasteiger partial charge in [0.05, 0.1) is 5.56 Å². The third-order valence-corrected chi connectivity index (χ3v) is 5.54. The van der Waals surface area contributed by atoms with E-state index in [1.54, 1.807) is 0 Å². The van der Waals surface area contributed by atoms with Gasteiger partial charge in [0.25, 0.3) is 0 Å². The van der Waals surface area contributed by atoms with E-state index in [9.17, 15) is 4.79 Å². The van der Waals surface area contributed by atoms with Crippen molar-refractivity contribution in [2.75, 3.05) is 33.7 Å². The first-order valence-electron chi connectivity index (χ1n) is 8.75. The van der Waals surface area contributed by atoms with Crippen LogP contribution >= 0.6 is 0 Å². The average molecular weight is 316 g/mol. The molecular formula is C19H28N2O2. The van der Waals surface area contributed by atoms with Crippen molar-refractivity contribution in [3.8, 4) is 0 Å². The predicted molar refractivity (Wildman–Crippen MR) is 91.4 cm³/mol. The van der Waals surface area contributed by atoms with E-state index in [0.717, 1.165) is 26.1 Å². The molecule has 1 saturated carbocycles. The second-order valence-electron chi connectivity index (χ2n) is 7.12. The van der Waals surface area contributed by atoms with Crippen LogP contribution < -0.4 is 0 Å². The zero-order valence-electron chi connectivity index (χ0n) is 14.4. The summed E-state index contributed by atoms with van der Waals surface area (Å²) in [5, 5.41) is 0. The van der Waals surface area contributed by atoms with Gasteiger partial charge in [0.15, 0.2) is 0 Å². The van der Waals surface area contributed by atoms with Gasteiger partial charge in [0, 0.05) is 31.0 Å². The third kappa shape index (κ3) is 3.43. The standard InChI is InChI=1S/C19H28N2O2/c1-4-21-12-15-10-11-17(20(2)3)16(13-21)18(15)23-19(22)14-8-6-5-7-9-14/h5-9,15-18H,4,10-13H2,1-3H3/t15?,16?,17-,18+/m0/s1. The number of esters is 1. The Morgan fingerprint density at radius 2 is 1.96 bits per heavy atom. The number of nitrogens with zero attached hydrogens (tertiary/aromatic N) is 2. The van der Waals surface area contributed by atoms with Crippen molar-refractivity contribution in [1.82, 2.24) is 9.80 Å². The molecule has 1 aromatic carbocycles. The summed E-state index contributed by atoms with van der Waals surface area (Å²) in [6, 6.07) is 9.87. The molecule has 1 aliphatic carbocycles. The number of ether oxygens (including phenoxy) is 1. The van der Waals surface area contributed by atoms with Crippen molar-refractivity contribution >= 4 is 5.97 Å². The predicted octanol–water partition coefficient (Wildman–Crippen LogP) is 2.50. The van der Waals surface area contributed by atoms with E-state index in [4.69, 9.17) is 4.74 Å². The van der Waals surface area contributed by atoms with Crippen molar-refractivity contribution < 1.29 is 9.53 Å².